The van der Waals surface area contributed by atoms with Crippen molar-refractivity contribution in [3.05, 3.63) is 0 Å². The molecule has 0 heteroatoms. The average molecular weight is 138 g/mol. The van der Waals surface area contributed by atoms with E-state index in [0.29, 0.717) is 0 Å². The zero-order valence-corrected chi connectivity index (χ0v) is 6.97. The summed E-state index contributed by atoms with van der Waals surface area (Å²) in [5.74, 6) is 3.30. The van der Waals surface area contributed by atoms with Crippen LogP contribution in [0.3, 0.4) is 0 Å². The average Bonchev–Trinajstić information content (AvgIpc) is 2.27. The van der Waals surface area contributed by atoms with Gasteiger partial charge in [-0.1, -0.05) is 32.6 Å². The minimum absolute atomic E-state index is 1.05. The third kappa shape index (κ3) is 1.09. The number of hydrogen-bond acceptors (Lipinski definition) is 0. The minimum atomic E-state index is 1.05. The largest absolute Gasteiger partial charge is 0.0622 e. The molecule has 2 saturated carbocycles. The van der Waals surface area contributed by atoms with Crippen LogP contribution in [0.1, 0.15) is 45.4 Å². The molecule has 3 atom stereocenters. The molecule has 0 aliphatic heterocycles. The van der Waals surface area contributed by atoms with E-state index in [1.165, 1.54) is 12.8 Å². The topological polar surface area (TPSA) is 0 Å². The molecule has 0 heterocycles. The fraction of sp³-hybridized carbons (Fsp3) is 1.00. The maximum absolute atomic E-state index is 2.46. The van der Waals surface area contributed by atoms with Crippen molar-refractivity contribution in [2.24, 2.45) is 17.8 Å². The van der Waals surface area contributed by atoms with E-state index in [2.05, 4.69) is 6.92 Å². The molecule has 0 saturated heterocycles. The van der Waals surface area contributed by atoms with Crippen LogP contribution in [0.4, 0.5) is 0 Å². The highest BCUT2D eigenvalue weighted by molar-refractivity contribution is 4.82. The second kappa shape index (κ2) is 2.56. The van der Waals surface area contributed by atoms with Gasteiger partial charge in [-0.05, 0) is 30.6 Å². The monoisotopic (exact) mass is 138 g/mol. The normalized spacial score (nSPS) is 47.1. The smallest absolute Gasteiger partial charge is 0.0386 e. The Hall–Kier alpha value is 0. The van der Waals surface area contributed by atoms with E-state index in [1.54, 1.807) is 25.7 Å². The Bertz CT molecular complexity index is 117. The van der Waals surface area contributed by atoms with E-state index >= 15 is 0 Å². The number of hydrogen-bond donors (Lipinski definition) is 0. The van der Waals surface area contributed by atoms with Gasteiger partial charge >= 0.3 is 0 Å². The Labute approximate surface area is 64.0 Å². The molecule has 58 valence electrons. The van der Waals surface area contributed by atoms with E-state index < -0.39 is 0 Å². The molecule has 2 rings (SSSR count). The fourth-order valence-electron chi connectivity index (χ4n) is 2.86. The van der Waals surface area contributed by atoms with Crippen molar-refractivity contribution < 1.29 is 0 Å². The first-order chi connectivity index (χ1) is 4.86. The van der Waals surface area contributed by atoms with Crippen molar-refractivity contribution in [2.75, 3.05) is 0 Å². The van der Waals surface area contributed by atoms with Gasteiger partial charge in [-0.2, -0.15) is 0 Å². The molecule has 2 bridgehead atoms. The maximum Gasteiger partial charge on any atom is -0.0386 e. The standard InChI is InChI=1S/C10H18/c1-8-3-2-4-9-5-6-10(8)7-9/h8-10H,2-7H2,1H3/t8?,9-,10?/m1/s1. The van der Waals surface area contributed by atoms with Crippen molar-refractivity contribution >= 4 is 0 Å². The van der Waals surface area contributed by atoms with Crippen LogP contribution in [0.5, 0.6) is 0 Å². The zero-order valence-electron chi connectivity index (χ0n) is 6.97. The Morgan fingerprint density at radius 1 is 1.00 bits per heavy atom. The molecule has 2 unspecified atom stereocenters. The molecule has 2 aliphatic carbocycles. The Kier molecular flexibility index (Phi) is 1.71. The third-order valence-corrected chi connectivity index (χ3v) is 3.66. The van der Waals surface area contributed by atoms with Gasteiger partial charge in [-0.25, -0.2) is 0 Å². The lowest BCUT2D eigenvalue weighted by Gasteiger charge is -2.16. The third-order valence-electron chi connectivity index (χ3n) is 3.66. The molecule has 0 aromatic rings. The first-order valence-electron chi connectivity index (χ1n) is 4.86. The van der Waals surface area contributed by atoms with E-state index in [0.717, 1.165) is 17.8 Å². The Morgan fingerprint density at radius 2 is 1.90 bits per heavy atom. The fourth-order valence-corrected chi connectivity index (χ4v) is 2.86. The van der Waals surface area contributed by atoms with E-state index in [4.69, 9.17) is 0 Å². The van der Waals surface area contributed by atoms with E-state index in [-0.39, 0.29) is 0 Å². The summed E-state index contributed by atoms with van der Waals surface area (Å²) in [5, 5.41) is 0. The van der Waals surface area contributed by atoms with Gasteiger partial charge in [0.2, 0.25) is 0 Å². The van der Waals surface area contributed by atoms with Crippen molar-refractivity contribution in [1.82, 2.24) is 0 Å². The molecule has 10 heavy (non-hydrogen) atoms. The van der Waals surface area contributed by atoms with Gasteiger partial charge in [-0.15, -0.1) is 0 Å². The number of rotatable bonds is 0. The van der Waals surface area contributed by atoms with Crippen LogP contribution in [-0.4, -0.2) is 0 Å². The highest BCUT2D eigenvalue weighted by Gasteiger charge is 2.30. The lowest BCUT2D eigenvalue weighted by Crippen LogP contribution is -2.05. The first-order valence-corrected chi connectivity index (χ1v) is 4.86. The lowest BCUT2D eigenvalue weighted by atomic mass is 9.90. The van der Waals surface area contributed by atoms with Crippen molar-refractivity contribution in [1.29, 1.82) is 0 Å². The summed E-state index contributed by atoms with van der Waals surface area (Å²) in [4.78, 5) is 0. The molecule has 0 spiro atoms. The molecule has 0 amide bonds. The summed E-state index contributed by atoms with van der Waals surface area (Å²) in [7, 11) is 0. The molecule has 0 radical (unpaired) electrons. The quantitative estimate of drug-likeness (QED) is 0.482. The molecule has 0 N–H and O–H groups in total. The van der Waals surface area contributed by atoms with E-state index in [1.807, 2.05) is 0 Å². The van der Waals surface area contributed by atoms with Gasteiger partial charge < -0.3 is 0 Å². The van der Waals surface area contributed by atoms with Crippen LogP contribution < -0.4 is 0 Å². The Morgan fingerprint density at radius 3 is 2.80 bits per heavy atom. The predicted molar refractivity (Wildman–Crippen MR) is 43.8 cm³/mol. The van der Waals surface area contributed by atoms with Gasteiger partial charge in [0.05, 0.1) is 0 Å². The van der Waals surface area contributed by atoms with E-state index in [9.17, 15) is 0 Å². The predicted octanol–water partition coefficient (Wildman–Crippen LogP) is 3.22. The van der Waals surface area contributed by atoms with Crippen molar-refractivity contribution in [3.8, 4) is 0 Å². The van der Waals surface area contributed by atoms with Crippen molar-refractivity contribution in [3.63, 3.8) is 0 Å². The van der Waals surface area contributed by atoms with Crippen LogP contribution in [0.15, 0.2) is 0 Å². The molecule has 0 nitrogen and oxygen atoms in total. The van der Waals surface area contributed by atoms with Gasteiger partial charge in [-0.3, -0.25) is 0 Å². The van der Waals surface area contributed by atoms with Gasteiger partial charge in [0.15, 0.2) is 0 Å². The summed E-state index contributed by atoms with van der Waals surface area (Å²) >= 11 is 0. The van der Waals surface area contributed by atoms with Crippen LogP contribution in [-0.2, 0) is 0 Å². The molecule has 2 fully saturated rings. The van der Waals surface area contributed by atoms with Gasteiger partial charge in [0.25, 0.3) is 0 Å². The lowest BCUT2D eigenvalue weighted by molar-refractivity contribution is 0.352. The van der Waals surface area contributed by atoms with Gasteiger partial charge in [0, 0.05) is 0 Å². The highest BCUT2D eigenvalue weighted by atomic mass is 14.4. The number of fused-ring (bicyclic) bond motifs is 2. The maximum atomic E-state index is 2.46. The SMILES string of the molecule is CC1CCC[C@@H]2CCC1C2. The zero-order chi connectivity index (χ0) is 6.97. The van der Waals surface area contributed by atoms with Crippen LogP contribution >= 0.6 is 0 Å². The minimum Gasteiger partial charge on any atom is -0.0622 e. The molecule has 0 aromatic heterocycles. The summed E-state index contributed by atoms with van der Waals surface area (Å²) < 4.78 is 0. The molecule has 0 aromatic carbocycles. The molecular formula is C10H18. The summed E-state index contributed by atoms with van der Waals surface area (Å²) in [6.07, 6.45) is 9.24. The Balaban J connectivity index is 2.03. The van der Waals surface area contributed by atoms with Crippen LogP contribution in [0.25, 0.3) is 0 Å². The van der Waals surface area contributed by atoms with Crippen LogP contribution in [0.2, 0.25) is 0 Å². The second-order valence-electron chi connectivity index (χ2n) is 4.35. The summed E-state index contributed by atoms with van der Waals surface area (Å²) in [5.41, 5.74) is 0. The molecular weight excluding hydrogens is 120 g/mol. The highest BCUT2D eigenvalue weighted by Crippen LogP contribution is 2.42. The van der Waals surface area contributed by atoms with Crippen molar-refractivity contribution in [2.45, 2.75) is 45.4 Å². The van der Waals surface area contributed by atoms with Crippen LogP contribution in [0, 0.1) is 17.8 Å². The first kappa shape index (κ1) is 6.69. The van der Waals surface area contributed by atoms with Gasteiger partial charge in [0.1, 0.15) is 0 Å². The summed E-state index contributed by atoms with van der Waals surface area (Å²) in [6, 6.07) is 0. The summed E-state index contributed by atoms with van der Waals surface area (Å²) in [6.45, 7) is 2.46. The second-order valence-corrected chi connectivity index (χ2v) is 4.35. The molecule has 2 aliphatic rings.